The van der Waals surface area contributed by atoms with Crippen LogP contribution in [0.5, 0.6) is 5.88 Å². The van der Waals surface area contributed by atoms with Gasteiger partial charge in [0.15, 0.2) is 11.9 Å². The molecule has 38 heavy (non-hydrogen) atoms. The number of aryl methyl sites for hydroxylation is 1. The van der Waals surface area contributed by atoms with Crippen LogP contribution in [0.15, 0.2) is 30.7 Å². The van der Waals surface area contributed by atoms with E-state index in [2.05, 4.69) is 30.0 Å². The molecule has 1 amide bonds. The van der Waals surface area contributed by atoms with Gasteiger partial charge in [-0.2, -0.15) is 30.7 Å². The Balaban J connectivity index is 1.38. The van der Waals surface area contributed by atoms with Gasteiger partial charge in [0.25, 0.3) is 5.91 Å². The van der Waals surface area contributed by atoms with E-state index < -0.39 is 49.3 Å². The molecule has 0 aliphatic carbocycles. The molecule has 9 nitrogen and oxygen atoms in total. The molecule has 2 atom stereocenters. The topological polar surface area (TPSA) is 105 Å². The Morgan fingerprint density at radius 3 is 2.47 bits per heavy atom. The smallest absolute Gasteiger partial charge is 0.434 e. The first-order chi connectivity index (χ1) is 17.8. The first-order valence-corrected chi connectivity index (χ1v) is 11.6. The van der Waals surface area contributed by atoms with Gasteiger partial charge in [-0.1, -0.05) is 0 Å². The minimum absolute atomic E-state index is 0.0363. The van der Waals surface area contributed by atoms with Crippen molar-refractivity contribution in [2.45, 2.75) is 31.6 Å². The maximum absolute atomic E-state index is 14.1. The third-order valence-corrected chi connectivity index (χ3v) is 6.07. The standard InChI is InChI=1S/C21H18F7N7O2S/c1-10-17(19(38-34-10)33-15-6-29-14(5-30-15)21(26,27)28)18(36)32-11-2-3-16(31-4-11)37-13-8-35(7-12(13)22)9-20(23,24)25/h2-6,12-13H,7-9H2,1H3,(H,30,33)(H,32,36)/t12-,13+/m0/s1. The van der Waals surface area contributed by atoms with Gasteiger partial charge in [0, 0.05) is 19.2 Å². The number of likely N-dealkylation sites (tertiary alicyclic amines) is 1. The second kappa shape index (κ2) is 10.6. The maximum atomic E-state index is 14.1. The summed E-state index contributed by atoms with van der Waals surface area (Å²) in [7, 11) is 0. The summed E-state index contributed by atoms with van der Waals surface area (Å²) in [6.45, 7) is -0.364. The first kappa shape index (κ1) is 27.4. The predicted molar refractivity (Wildman–Crippen MR) is 121 cm³/mol. The van der Waals surface area contributed by atoms with Gasteiger partial charge in [0.2, 0.25) is 5.88 Å². The predicted octanol–water partition coefficient (Wildman–Crippen LogP) is 4.61. The average Bonchev–Trinajstić information content (AvgIpc) is 3.34. The molecule has 2 N–H and O–H groups in total. The van der Waals surface area contributed by atoms with Gasteiger partial charge in [0.05, 0.1) is 42.1 Å². The highest BCUT2D eigenvalue weighted by Gasteiger charge is 2.40. The van der Waals surface area contributed by atoms with Gasteiger partial charge >= 0.3 is 12.4 Å². The van der Waals surface area contributed by atoms with E-state index in [0.717, 1.165) is 22.6 Å². The van der Waals surface area contributed by atoms with Crippen LogP contribution < -0.4 is 15.4 Å². The van der Waals surface area contributed by atoms with Gasteiger partial charge in [-0.05, 0) is 24.5 Å². The van der Waals surface area contributed by atoms with Crippen molar-refractivity contribution in [3.8, 4) is 5.88 Å². The zero-order chi connectivity index (χ0) is 27.7. The zero-order valence-electron chi connectivity index (χ0n) is 19.3. The summed E-state index contributed by atoms with van der Waals surface area (Å²) in [6.07, 6.45) is -9.23. The Labute approximate surface area is 214 Å². The Hall–Kier alpha value is -3.60. The fourth-order valence-electron chi connectivity index (χ4n) is 3.55. The van der Waals surface area contributed by atoms with Crippen LogP contribution in [0, 0.1) is 6.92 Å². The Kier molecular flexibility index (Phi) is 7.68. The number of pyridine rings is 1. The number of amides is 1. The minimum atomic E-state index is -4.65. The summed E-state index contributed by atoms with van der Waals surface area (Å²) in [5.74, 6) is -0.691. The third-order valence-electron chi connectivity index (χ3n) is 5.22. The zero-order valence-corrected chi connectivity index (χ0v) is 20.1. The molecule has 0 spiro atoms. The van der Waals surface area contributed by atoms with Crippen molar-refractivity contribution in [1.29, 1.82) is 0 Å². The fraction of sp³-hybridized carbons (Fsp3) is 0.381. The summed E-state index contributed by atoms with van der Waals surface area (Å²) < 4.78 is 99.3. The van der Waals surface area contributed by atoms with Crippen molar-refractivity contribution in [3.63, 3.8) is 0 Å². The van der Waals surface area contributed by atoms with Gasteiger partial charge in [-0.25, -0.2) is 19.3 Å². The largest absolute Gasteiger partial charge is 0.470 e. The molecular weight excluding hydrogens is 547 g/mol. The molecule has 1 fully saturated rings. The number of hydrogen-bond donors (Lipinski definition) is 2. The van der Waals surface area contributed by atoms with Crippen LogP contribution in [0.3, 0.4) is 0 Å². The van der Waals surface area contributed by atoms with Crippen LogP contribution in [0.2, 0.25) is 0 Å². The van der Waals surface area contributed by atoms with Crippen LogP contribution in [-0.4, -0.2) is 68.2 Å². The van der Waals surface area contributed by atoms with E-state index in [1.807, 2.05) is 0 Å². The summed E-state index contributed by atoms with van der Waals surface area (Å²) in [5.41, 5.74) is -0.514. The van der Waals surface area contributed by atoms with Crippen molar-refractivity contribution in [2.24, 2.45) is 0 Å². The Morgan fingerprint density at radius 2 is 1.87 bits per heavy atom. The lowest BCUT2D eigenvalue weighted by Gasteiger charge is -2.17. The second-order valence-corrected chi connectivity index (χ2v) is 8.98. The van der Waals surface area contributed by atoms with E-state index in [9.17, 15) is 35.5 Å². The molecule has 0 unspecified atom stereocenters. The molecule has 4 rings (SSSR count). The van der Waals surface area contributed by atoms with Gasteiger partial charge in [-0.15, -0.1) is 0 Å². The normalized spacial score (nSPS) is 18.4. The van der Waals surface area contributed by atoms with E-state index in [-0.39, 0.29) is 34.5 Å². The van der Waals surface area contributed by atoms with Crippen molar-refractivity contribution < 1.29 is 40.3 Å². The molecule has 4 heterocycles. The second-order valence-electron chi connectivity index (χ2n) is 8.20. The van der Waals surface area contributed by atoms with Crippen molar-refractivity contribution >= 4 is 33.9 Å². The minimum Gasteiger partial charge on any atom is -0.470 e. The highest BCUT2D eigenvalue weighted by molar-refractivity contribution is 7.10. The molecule has 0 bridgehead atoms. The van der Waals surface area contributed by atoms with Gasteiger partial charge in [-0.3, -0.25) is 9.69 Å². The number of halogens is 7. The molecule has 0 aromatic carbocycles. The third kappa shape index (κ3) is 6.83. The molecular formula is C21H18F7N7O2S. The van der Waals surface area contributed by atoms with Crippen molar-refractivity contribution in [1.82, 2.24) is 24.2 Å². The van der Waals surface area contributed by atoms with E-state index in [1.54, 1.807) is 6.92 Å². The summed E-state index contributed by atoms with van der Waals surface area (Å²) in [6, 6.07) is 2.73. The number of aromatic nitrogens is 4. The quantitative estimate of drug-likeness (QED) is 0.400. The number of alkyl halides is 7. The van der Waals surface area contributed by atoms with Crippen LogP contribution in [0.1, 0.15) is 21.7 Å². The molecule has 1 aliphatic heterocycles. The van der Waals surface area contributed by atoms with Crippen LogP contribution in [0.25, 0.3) is 0 Å². The van der Waals surface area contributed by atoms with Crippen molar-refractivity contribution in [2.75, 3.05) is 30.3 Å². The maximum Gasteiger partial charge on any atom is 0.434 e. The van der Waals surface area contributed by atoms with Crippen LogP contribution >= 0.6 is 11.5 Å². The van der Waals surface area contributed by atoms with Gasteiger partial charge < -0.3 is 15.4 Å². The molecule has 3 aromatic heterocycles. The highest BCUT2D eigenvalue weighted by atomic mass is 32.1. The number of carbonyl (C=O) groups is 1. The Bertz CT molecular complexity index is 1270. The lowest BCUT2D eigenvalue weighted by Crippen LogP contribution is -2.33. The molecule has 17 heteroatoms. The van der Waals surface area contributed by atoms with E-state index in [1.165, 1.54) is 18.3 Å². The SMILES string of the molecule is Cc1nsc(Nc2cnc(C(F)(F)F)cn2)c1C(=O)Nc1ccc(O[C@@H]2CN(CC(F)(F)F)C[C@@H]2F)nc1. The lowest BCUT2D eigenvalue weighted by atomic mass is 10.2. The van der Waals surface area contributed by atoms with Crippen LogP contribution in [0.4, 0.5) is 47.2 Å². The number of nitrogens with one attached hydrogen (secondary N) is 2. The van der Waals surface area contributed by atoms with Crippen molar-refractivity contribution in [3.05, 3.63) is 47.7 Å². The molecule has 3 aromatic rings. The van der Waals surface area contributed by atoms with Crippen LogP contribution in [-0.2, 0) is 6.18 Å². The fourth-order valence-corrected chi connectivity index (χ4v) is 4.35. The molecule has 204 valence electrons. The Morgan fingerprint density at radius 1 is 1.11 bits per heavy atom. The number of hydrogen-bond acceptors (Lipinski definition) is 9. The number of nitrogens with zero attached hydrogens (tertiary/aromatic N) is 5. The molecule has 0 radical (unpaired) electrons. The number of ether oxygens (including phenoxy) is 1. The molecule has 1 saturated heterocycles. The summed E-state index contributed by atoms with van der Waals surface area (Å²) in [5, 5.41) is 5.51. The number of rotatable bonds is 7. The molecule has 0 saturated carbocycles. The highest BCUT2D eigenvalue weighted by Crippen LogP contribution is 2.30. The van der Waals surface area contributed by atoms with E-state index in [4.69, 9.17) is 4.74 Å². The summed E-state index contributed by atoms with van der Waals surface area (Å²) >= 11 is 0.886. The van der Waals surface area contributed by atoms with E-state index >= 15 is 0 Å². The lowest BCUT2D eigenvalue weighted by molar-refractivity contribution is -0.144. The number of carbonyl (C=O) groups excluding carboxylic acids is 1. The monoisotopic (exact) mass is 565 g/mol. The van der Waals surface area contributed by atoms with Gasteiger partial charge in [0.1, 0.15) is 16.9 Å². The number of anilines is 3. The van der Waals surface area contributed by atoms with E-state index in [0.29, 0.717) is 11.9 Å². The average molecular weight is 565 g/mol. The first-order valence-electron chi connectivity index (χ1n) is 10.8. The summed E-state index contributed by atoms with van der Waals surface area (Å²) in [4.78, 5) is 24.7. The molecule has 1 aliphatic rings.